The number of nitrogens with zero attached hydrogens (tertiary/aromatic N) is 2. The van der Waals surface area contributed by atoms with Crippen LogP contribution in [-0.4, -0.2) is 35.4 Å². The van der Waals surface area contributed by atoms with E-state index in [1.54, 1.807) is 24.8 Å². The van der Waals surface area contributed by atoms with E-state index in [0.29, 0.717) is 11.4 Å². The third-order valence-corrected chi connectivity index (χ3v) is 6.29. The molecular weight excluding hydrogens is 454 g/mol. The SMILES string of the molecule is CCOC(=O)c1cc(-c2cccc(NC(=O)[C@@H]3C[C@H]3c3ccccc3)c2)n(-c2ccc(OC)cc2)n1. The fraction of sp³-hybridized carbons (Fsp3) is 0.207. The molecule has 182 valence electrons. The Kier molecular flexibility index (Phi) is 6.54. The Labute approximate surface area is 209 Å². The number of rotatable bonds is 8. The van der Waals surface area contributed by atoms with Gasteiger partial charge in [-0.05, 0) is 67.3 Å². The van der Waals surface area contributed by atoms with Crippen LogP contribution in [0.1, 0.15) is 35.3 Å². The van der Waals surface area contributed by atoms with Crippen LogP contribution < -0.4 is 10.1 Å². The molecule has 0 saturated heterocycles. The zero-order valence-electron chi connectivity index (χ0n) is 20.2. The van der Waals surface area contributed by atoms with E-state index in [4.69, 9.17) is 9.47 Å². The van der Waals surface area contributed by atoms with Gasteiger partial charge in [-0.2, -0.15) is 5.10 Å². The largest absolute Gasteiger partial charge is 0.497 e. The predicted molar refractivity (Wildman–Crippen MR) is 137 cm³/mol. The van der Waals surface area contributed by atoms with Crippen molar-refractivity contribution in [1.82, 2.24) is 9.78 Å². The molecule has 1 saturated carbocycles. The molecule has 1 aromatic heterocycles. The Morgan fingerprint density at radius 3 is 2.50 bits per heavy atom. The molecular formula is C29H27N3O4. The summed E-state index contributed by atoms with van der Waals surface area (Å²) < 4.78 is 12.1. The topological polar surface area (TPSA) is 82.5 Å². The summed E-state index contributed by atoms with van der Waals surface area (Å²) in [5.74, 6) is 0.471. The zero-order valence-corrected chi connectivity index (χ0v) is 20.2. The van der Waals surface area contributed by atoms with Gasteiger partial charge in [0, 0.05) is 17.2 Å². The maximum Gasteiger partial charge on any atom is 0.358 e. The first kappa shape index (κ1) is 23.4. The summed E-state index contributed by atoms with van der Waals surface area (Å²) >= 11 is 0. The number of amides is 1. The molecule has 1 amide bonds. The monoisotopic (exact) mass is 481 g/mol. The average Bonchev–Trinajstić information content (AvgIpc) is 3.60. The number of anilines is 1. The highest BCUT2D eigenvalue weighted by atomic mass is 16.5. The Balaban J connectivity index is 1.42. The van der Waals surface area contributed by atoms with Crippen molar-refractivity contribution in [2.45, 2.75) is 19.3 Å². The lowest BCUT2D eigenvalue weighted by Gasteiger charge is -2.11. The van der Waals surface area contributed by atoms with Crippen LogP contribution in [-0.2, 0) is 9.53 Å². The molecule has 1 N–H and O–H groups in total. The van der Waals surface area contributed by atoms with Crippen molar-refractivity contribution in [3.05, 3.63) is 96.2 Å². The summed E-state index contributed by atoms with van der Waals surface area (Å²) in [6, 6.07) is 26.8. The molecule has 0 spiro atoms. The van der Waals surface area contributed by atoms with Crippen LogP contribution in [0.15, 0.2) is 84.9 Å². The van der Waals surface area contributed by atoms with Crippen LogP contribution in [0.4, 0.5) is 5.69 Å². The van der Waals surface area contributed by atoms with E-state index in [1.807, 2.05) is 66.7 Å². The Morgan fingerprint density at radius 2 is 1.78 bits per heavy atom. The number of hydrogen-bond acceptors (Lipinski definition) is 5. The number of esters is 1. The van der Waals surface area contributed by atoms with Crippen molar-refractivity contribution in [3.8, 4) is 22.7 Å². The Hall–Kier alpha value is -4.39. The highest BCUT2D eigenvalue weighted by molar-refractivity contribution is 5.96. The number of nitrogens with one attached hydrogen (secondary N) is 1. The van der Waals surface area contributed by atoms with Crippen molar-refractivity contribution in [2.24, 2.45) is 5.92 Å². The number of carbonyl (C=O) groups is 2. The predicted octanol–water partition coefficient (Wildman–Crippen LogP) is 5.47. The third kappa shape index (κ3) is 4.86. The van der Waals surface area contributed by atoms with Gasteiger partial charge in [0.25, 0.3) is 0 Å². The number of aromatic nitrogens is 2. The number of hydrogen-bond donors (Lipinski definition) is 1. The maximum atomic E-state index is 12.9. The first-order valence-electron chi connectivity index (χ1n) is 11.9. The van der Waals surface area contributed by atoms with Gasteiger partial charge in [0.05, 0.1) is 25.1 Å². The first-order chi connectivity index (χ1) is 17.6. The van der Waals surface area contributed by atoms with Gasteiger partial charge < -0.3 is 14.8 Å². The van der Waals surface area contributed by atoms with Gasteiger partial charge in [-0.25, -0.2) is 9.48 Å². The lowest BCUT2D eigenvalue weighted by Crippen LogP contribution is -2.14. The summed E-state index contributed by atoms with van der Waals surface area (Å²) in [7, 11) is 1.61. The second-order valence-electron chi connectivity index (χ2n) is 8.67. The second-order valence-corrected chi connectivity index (χ2v) is 8.67. The van der Waals surface area contributed by atoms with Crippen molar-refractivity contribution < 1.29 is 19.1 Å². The van der Waals surface area contributed by atoms with Gasteiger partial charge in [-0.3, -0.25) is 4.79 Å². The van der Waals surface area contributed by atoms with E-state index in [2.05, 4.69) is 22.5 Å². The molecule has 2 atom stereocenters. The molecule has 7 heteroatoms. The summed E-state index contributed by atoms with van der Waals surface area (Å²) in [4.78, 5) is 25.4. The lowest BCUT2D eigenvalue weighted by atomic mass is 10.1. The molecule has 3 aromatic carbocycles. The van der Waals surface area contributed by atoms with Gasteiger partial charge in [-0.1, -0.05) is 42.5 Å². The number of carbonyl (C=O) groups excluding carboxylic acids is 2. The average molecular weight is 482 g/mol. The molecule has 0 unspecified atom stereocenters. The molecule has 1 aliphatic rings. The molecule has 5 rings (SSSR count). The zero-order chi connectivity index (χ0) is 25.1. The van der Waals surface area contributed by atoms with Gasteiger partial charge >= 0.3 is 5.97 Å². The van der Waals surface area contributed by atoms with E-state index in [-0.39, 0.29) is 30.0 Å². The van der Waals surface area contributed by atoms with Crippen molar-refractivity contribution in [3.63, 3.8) is 0 Å². The first-order valence-corrected chi connectivity index (χ1v) is 11.9. The number of methoxy groups -OCH3 is 1. The Bertz CT molecular complexity index is 1380. The molecule has 36 heavy (non-hydrogen) atoms. The fourth-order valence-electron chi connectivity index (χ4n) is 4.36. The van der Waals surface area contributed by atoms with Crippen molar-refractivity contribution >= 4 is 17.6 Å². The third-order valence-electron chi connectivity index (χ3n) is 6.29. The minimum atomic E-state index is -0.490. The second kappa shape index (κ2) is 10.1. The van der Waals surface area contributed by atoms with Gasteiger partial charge in [0.15, 0.2) is 5.69 Å². The molecule has 0 radical (unpaired) electrons. The summed E-state index contributed by atoms with van der Waals surface area (Å²) in [6.07, 6.45) is 0.850. The van der Waals surface area contributed by atoms with Crippen LogP contribution in [0.5, 0.6) is 5.75 Å². The molecule has 1 heterocycles. The molecule has 1 aliphatic carbocycles. The smallest absolute Gasteiger partial charge is 0.358 e. The van der Waals surface area contributed by atoms with Crippen molar-refractivity contribution in [2.75, 3.05) is 19.0 Å². The van der Waals surface area contributed by atoms with Gasteiger partial charge in [-0.15, -0.1) is 0 Å². The van der Waals surface area contributed by atoms with E-state index in [1.165, 1.54) is 5.56 Å². The van der Waals surface area contributed by atoms with E-state index in [0.717, 1.165) is 23.4 Å². The van der Waals surface area contributed by atoms with E-state index in [9.17, 15) is 9.59 Å². The summed E-state index contributed by atoms with van der Waals surface area (Å²) in [5, 5.41) is 7.58. The minimum Gasteiger partial charge on any atom is -0.497 e. The number of benzene rings is 3. The Morgan fingerprint density at radius 1 is 1.00 bits per heavy atom. The molecule has 4 aromatic rings. The quantitative estimate of drug-likeness (QED) is 0.338. The molecule has 0 aliphatic heterocycles. The van der Waals surface area contributed by atoms with Crippen molar-refractivity contribution in [1.29, 1.82) is 0 Å². The highest BCUT2D eigenvalue weighted by Gasteiger charge is 2.43. The molecule has 0 bridgehead atoms. The lowest BCUT2D eigenvalue weighted by molar-refractivity contribution is -0.117. The normalized spacial score (nSPS) is 16.3. The number of ether oxygens (including phenoxy) is 2. The highest BCUT2D eigenvalue weighted by Crippen LogP contribution is 2.48. The maximum absolute atomic E-state index is 12.9. The summed E-state index contributed by atoms with van der Waals surface area (Å²) in [5.41, 5.74) is 4.37. The van der Waals surface area contributed by atoms with E-state index < -0.39 is 5.97 Å². The van der Waals surface area contributed by atoms with Crippen LogP contribution in [0.25, 0.3) is 16.9 Å². The van der Waals surface area contributed by atoms with Crippen LogP contribution >= 0.6 is 0 Å². The molecule has 7 nitrogen and oxygen atoms in total. The standard InChI is InChI=1S/C29H27N3O4/c1-3-36-29(34)26-18-27(32(31-26)22-12-14-23(35-2)15-13-22)20-10-7-11-21(16-20)30-28(33)25-17-24(25)19-8-5-4-6-9-19/h4-16,18,24-25H,3,17H2,1-2H3,(H,30,33)/t24-,25+/m0/s1. The van der Waals surface area contributed by atoms with Crippen LogP contribution in [0.2, 0.25) is 0 Å². The van der Waals surface area contributed by atoms with E-state index >= 15 is 0 Å². The van der Waals surface area contributed by atoms with Gasteiger partial charge in [0.2, 0.25) is 5.91 Å². The van der Waals surface area contributed by atoms with Crippen LogP contribution in [0, 0.1) is 5.92 Å². The summed E-state index contributed by atoms with van der Waals surface area (Å²) in [6.45, 7) is 2.02. The fourth-order valence-corrected chi connectivity index (χ4v) is 4.36. The van der Waals surface area contributed by atoms with Crippen LogP contribution in [0.3, 0.4) is 0 Å². The van der Waals surface area contributed by atoms with Gasteiger partial charge in [0.1, 0.15) is 5.75 Å². The molecule has 1 fully saturated rings. The minimum absolute atomic E-state index is 0.0110.